The molecule has 7 nitrogen and oxygen atoms in total. The number of benzene rings is 1. The highest BCUT2D eigenvalue weighted by Gasteiger charge is 2.43. The van der Waals surface area contributed by atoms with Gasteiger partial charge in [-0.15, -0.1) is 0 Å². The van der Waals surface area contributed by atoms with Gasteiger partial charge < -0.3 is 14.3 Å². The summed E-state index contributed by atoms with van der Waals surface area (Å²) < 4.78 is 5.19. The second kappa shape index (κ2) is 5.59. The van der Waals surface area contributed by atoms with Gasteiger partial charge in [0.05, 0.1) is 19.0 Å². The summed E-state index contributed by atoms with van der Waals surface area (Å²) in [6, 6.07) is 11.0. The van der Waals surface area contributed by atoms with Crippen LogP contribution in [0.5, 0.6) is 0 Å². The summed E-state index contributed by atoms with van der Waals surface area (Å²) in [4.78, 5) is 30.5. The van der Waals surface area contributed by atoms with E-state index in [1.165, 1.54) is 17.5 Å². The number of fused-ring (bicyclic) bond motifs is 4. The average molecular weight is 348 g/mol. The molecule has 5 rings (SSSR count). The van der Waals surface area contributed by atoms with Gasteiger partial charge in [0.1, 0.15) is 18.3 Å². The van der Waals surface area contributed by atoms with Crippen LogP contribution in [0.15, 0.2) is 52.2 Å². The van der Waals surface area contributed by atoms with Crippen molar-refractivity contribution >= 4 is 28.9 Å². The van der Waals surface area contributed by atoms with Gasteiger partial charge in [-0.2, -0.15) is 5.10 Å². The van der Waals surface area contributed by atoms with Crippen molar-refractivity contribution < 1.29 is 14.0 Å². The van der Waals surface area contributed by atoms with E-state index in [0.29, 0.717) is 18.7 Å². The van der Waals surface area contributed by atoms with Crippen LogP contribution in [-0.4, -0.2) is 45.5 Å². The number of piperazine rings is 1. The third-order valence-corrected chi connectivity index (χ3v) is 5.02. The molecule has 2 aromatic heterocycles. The Hall–Kier alpha value is -3.35. The Labute approximate surface area is 148 Å². The van der Waals surface area contributed by atoms with Crippen molar-refractivity contribution in [3.63, 3.8) is 0 Å². The Morgan fingerprint density at radius 1 is 1.15 bits per heavy atom. The van der Waals surface area contributed by atoms with E-state index in [0.717, 1.165) is 22.2 Å². The first-order valence-corrected chi connectivity index (χ1v) is 8.47. The smallest absolute Gasteiger partial charge is 0.266 e. The summed E-state index contributed by atoms with van der Waals surface area (Å²) in [5, 5.41) is 6.52. The fourth-order valence-corrected chi connectivity index (χ4v) is 3.75. The Bertz CT molecular complexity index is 1030. The number of hydrazone groups is 1. The van der Waals surface area contributed by atoms with E-state index in [-0.39, 0.29) is 18.4 Å². The van der Waals surface area contributed by atoms with E-state index < -0.39 is 6.04 Å². The number of hydrogen-bond donors (Lipinski definition) is 1. The lowest BCUT2D eigenvalue weighted by Gasteiger charge is -2.40. The first kappa shape index (κ1) is 14.9. The van der Waals surface area contributed by atoms with Crippen LogP contribution in [0, 0.1) is 0 Å². The molecule has 26 heavy (non-hydrogen) atoms. The molecule has 3 aromatic rings. The number of rotatable bonds is 2. The normalized spacial score (nSPS) is 20.1. The van der Waals surface area contributed by atoms with Crippen LogP contribution in [-0.2, 0) is 22.6 Å². The summed E-state index contributed by atoms with van der Waals surface area (Å²) in [7, 11) is 0. The Morgan fingerprint density at radius 3 is 2.88 bits per heavy atom. The minimum atomic E-state index is -0.517. The fourth-order valence-electron chi connectivity index (χ4n) is 3.75. The van der Waals surface area contributed by atoms with E-state index in [2.05, 4.69) is 10.1 Å². The minimum absolute atomic E-state index is 0.0535. The average Bonchev–Trinajstić information content (AvgIpc) is 3.29. The fraction of sp³-hybridized carbons (Fsp3) is 0.211. The predicted octanol–water partition coefficient (Wildman–Crippen LogP) is 1.89. The van der Waals surface area contributed by atoms with Crippen LogP contribution < -0.4 is 0 Å². The minimum Gasteiger partial charge on any atom is -0.463 e. The Morgan fingerprint density at radius 2 is 2.04 bits per heavy atom. The Kier molecular flexibility index (Phi) is 3.21. The number of carbonyl (C=O) groups excluding carboxylic acids is 2. The van der Waals surface area contributed by atoms with Crippen molar-refractivity contribution in [2.45, 2.75) is 19.0 Å². The summed E-state index contributed by atoms with van der Waals surface area (Å²) in [5.74, 6) is 0.272. The zero-order valence-corrected chi connectivity index (χ0v) is 13.9. The van der Waals surface area contributed by atoms with Crippen molar-refractivity contribution in [3.05, 3.63) is 59.7 Å². The van der Waals surface area contributed by atoms with Gasteiger partial charge in [-0.25, -0.2) is 5.01 Å². The number of aromatic nitrogens is 1. The molecule has 0 aliphatic carbocycles. The largest absolute Gasteiger partial charge is 0.463 e. The number of hydrogen-bond acceptors (Lipinski definition) is 4. The molecule has 1 saturated heterocycles. The van der Waals surface area contributed by atoms with Crippen molar-refractivity contribution in [1.82, 2.24) is 14.9 Å². The first-order valence-electron chi connectivity index (χ1n) is 8.47. The van der Waals surface area contributed by atoms with E-state index in [1.54, 1.807) is 17.0 Å². The number of carbonyl (C=O) groups is 2. The maximum Gasteiger partial charge on any atom is 0.266 e. The SMILES string of the molecule is O=C1[C@@H]2Cc3c([nH]c4ccccc34)CN2C(=O)CN1/N=C/c1ccco1. The highest BCUT2D eigenvalue weighted by molar-refractivity contribution is 5.97. The number of aromatic amines is 1. The first-order chi connectivity index (χ1) is 12.7. The molecule has 2 aliphatic heterocycles. The predicted molar refractivity (Wildman–Crippen MR) is 94.4 cm³/mol. The van der Waals surface area contributed by atoms with E-state index >= 15 is 0 Å². The molecule has 0 radical (unpaired) electrons. The standard InChI is InChI=1S/C19H16N4O3/c24-18-11-23(20-9-12-4-3-7-26-12)19(25)17-8-14-13-5-1-2-6-15(13)21-16(14)10-22(17)18/h1-7,9,17,21H,8,10-11H2/b20-9+/t17-/m0/s1. The molecule has 1 fully saturated rings. The maximum atomic E-state index is 12.9. The molecule has 1 aromatic carbocycles. The molecule has 2 amide bonds. The molecule has 0 bridgehead atoms. The highest BCUT2D eigenvalue weighted by Crippen LogP contribution is 2.32. The lowest BCUT2D eigenvalue weighted by atomic mass is 9.94. The van der Waals surface area contributed by atoms with Gasteiger partial charge in [0.2, 0.25) is 5.91 Å². The summed E-state index contributed by atoms with van der Waals surface area (Å²) in [6.07, 6.45) is 3.49. The number of H-pyrrole nitrogens is 1. The molecule has 1 atom stereocenters. The third kappa shape index (κ3) is 2.24. The Balaban J connectivity index is 1.48. The lowest BCUT2D eigenvalue weighted by molar-refractivity contribution is -0.157. The lowest BCUT2D eigenvalue weighted by Crippen LogP contribution is -2.60. The van der Waals surface area contributed by atoms with Crippen LogP contribution in [0.1, 0.15) is 17.0 Å². The summed E-state index contributed by atoms with van der Waals surface area (Å²) >= 11 is 0. The molecular weight excluding hydrogens is 332 g/mol. The molecule has 0 saturated carbocycles. The molecule has 2 aliphatic rings. The quantitative estimate of drug-likeness (QED) is 0.718. The summed E-state index contributed by atoms with van der Waals surface area (Å²) in [5.41, 5.74) is 3.15. The molecule has 1 N–H and O–H groups in total. The zero-order chi connectivity index (χ0) is 17.7. The van der Waals surface area contributed by atoms with Gasteiger partial charge in [-0.05, 0) is 23.8 Å². The van der Waals surface area contributed by atoms with E-state index in [4.69, 9.17) is 4.42 Å². The van der Waals surface area contributed by atoms with Gasteiger partial charge in [-0.3, -0.25) is 9.59 Å². The number of para-hydroxylation sites is 1. The second-order valence-corrected chi connectivity index (χ2v) is 6.53. The van der Waals surface area contributed by atoms with Crippen LogP contribution in [0.4, 0.5) is 0 Å². The molecule has 0 spiro atoms. The van der Waals surface area contributed by atoms with Crippen LogP contribution in [0.2, 0.25) is 0 Å². The van der Waals surface area contributed by atoms with E-state index in [1.807, 2.05) is 24.3 Å². The maximum absolute atomic E-state index is 12.9. The van der Waals surface area contributed by atoms with Gasteiger partial charge in [-0.1, -0.05) is 18.2 Å². The van der Waals surface area contributed by atoms with Gasteiger partial charge in [0.25, 0.3) is 5.91 Å². The monoisotopic (exact) mass is 348 g/mol. The molecule has 130 valence electrons. The van der Waals surface area contributed by atoms with E-state index in [9.17, 15) is 9.59 Å². The molecule has 4 heterocycles. The molecule has 0 unspecified atom stereocenters. The van der Waals surface area contributed by atoms with Crippen LogP contribution in [0.25, 0.3) is 10.9 Å². The van der Waals surface area contributed by atoms with Crippen molar-refractivity contribution in [2.75, 3.05) is 6.54 Å². The zero-order valence-electron chi connectivity index (χ0n) is 13.9. The number of nitrogens with zero attached hydrogens (tertiary/aromatic N) is 3. The highest BCUT2D eigenvalue weighted by atomic mass is 16.3. The van der Waals surface area contributed by atoms with Gasteiger partial charge in [0, 0.05) is 23.0 Å². The van der Waals surface area contributed by atoms with Crippen molar-refractivity contribution in [1.29, 1.82) is 0 Å². The number of amides is 2. The number of nitrogens with one attached hydrogen (secondary N) is 1. The van der Waals surface area contributed by atoms with Crippen molar-refractivity contribution in [2.24, 2.45) is 5.10 Å². The van der Waals surface area contributed by atoms with Crippen molar-refractivity contribution in [3.8, 4) is 0 Å². The van der Waals surface area contributed by atoms with Crippen LogP contribution >= 0.6 is 0 Å². The van der Waals surface area contributed by atoms with Gasteiger partial charge >= 0.3 is 0 Å². The second-order valence-electron chi connectivity index (χ2n) is 6.53. The van der Waals surface area contributed by atoms with Gasteiger partial charge in [0.15, 0.2) is 0 Å². The van der Waals surface area contributed by atoms with Crippen LogP contribution in [0.3, 0.4) is 0 Å². The molecule has 7 heteroatoms. The summed E-state index contributed by atoms with van der Waals surface area (Å²) in [6.45, 7) is 0.372. The number of furan rings is 1. The molecular formula is C19H16N4O3. The topological polar surface area (TPSA) is 81.9 Å². The third-order valence-electron chi connectivity index (χ3n) is 5.02.